The quantitative estimate of drug-likeness (QED) is 0.879. The third kappa shape index (κ3) is 2.81. The fourth-order valence-corrected chi connectivity index (χ4v) is 1.81. The lowest BCUT2D eigenvalue weighted by Crippen LogP contribution is -2.35. The first-order valence-corrected chi connectivity index (χ1v) is 6.52. The molecule has 1 amide bonds. The molecule has 0 atom stereocenters. The summed E-state index contributed by atoms with van der Waals surface area (Å²) in [5.74, 6) is -0.717. The zero-order chi connectivity index (χ0) is 15.6. The van der Waals surface area contributed by atoms with E-state index in [1.807, 2.05) is 6.92 Å². The van der Waals surface area contributed by atoms with E-state index >= 15 is 0 Å². The summed E-state index contributed by atoms with van der Waals surface area (Å²) in [6.07, 6.45) is 4.97. The number of aliphatic carboxylic acids is 1. The van der Waals surface area contributed by atoms with Gasteiger partial charge in [-0.1, -0.05) is 6.92 Å². The highest BCUT2D eigenvalue weighted by Crippen LogP contribution is 2.19. The van der Waals surface area contributed by atoms with Crippen LogP contribution in [0.4, 0.5) is 5.69 Å². The number of furan rings is 1. The predicted molar refractivity (Wildman–Crippen MR) is 75.2 cm³/mol. The van der Waals surface area contributed by atoms with Gasteiger partial charge in [-0.2, -0.15) is 5.10 Å². The molecule has 0 radical (unpaired) electrons. The Bertz CT molecular complexity index is 669. The van der Waals surface area contributed by atoms with E-state index in [1.54, 1.807) is 6.07 Å². The molecule has 0 aromatic carbocycles. The van der Waals surface area contributed by atoms with Gasteiger partial charge in [-0.15, -0.1) is 0 Å². The van der Waals surface area contributed by atoms with Crippen LogP contribution in [0.1, 0.15) is 36.9 Å². The van der Waals surface area contributed by atoms with Gasteiger partial charge in [0.2, 0.25) is 0 Å². The maximum absolute atomic E-state index is 12.1. The summed E-state index contributed by atoms with van der Waals surface area (Å²) in [5.41, 5.74) is -0.298. The van der Waals surface area contributed by atoms with E-state index in [4.69, 9.17) is 9.52 Å². The molecule has 0 spiro atoms. The van der Waals surface area contributed by atoms with Crippen molar-refractivity contribution in [3.05, 3.63) is 36.0 Å². The molecule has 7 heteroatoms. The van der Waals surface area contributed by atoms with Crippen LogP contribution in [0.2, 0.25) is 0 Å². The predicted octanol–water partition coefficient (Wildman–Crippen LogP) is 2.11. The number of aromatic nitrogens is 2. The minimum atomic E-state index is -1.19. The largest absolute Gasteiger partial charge is 0.479 e. The van der Waals surface area contributed by atoms with Gasteiger partial charge >= 0.3 is 5.97 Å². The molecule has 0 aliphatic heterocycles. The fourth-order valence-electron chi connectivity index (χ4n) is 1.81. The molecule has 2 aromatic heterocycles. The van der Waals surface area contributed by atoms with Gasteiger partial charge in [0.15, 0.2) is 5.54 Å². The van der Waals surface area contributed by atoms with E-state index in [0.717, 1.165) is 0 Å². The summed E-state index contributed by atoms with van der Waals surface area (Å²) in [6, 6.07) is 1.60. The minimum Gasteiger partial charge on any atom is -0.479 e. The number of nitrogens with zero attached hydrogens (tertiary/aromatic N) is 2. The van der Waals surface area contributed by atoms with Crippen molar-refractivity contribution in [3.8, 4) is 0 Å². The van der Waals surface area contributed by atoms with Crippen LogP contribution in [0.25, 0.3) is 0 Å². The van der Waals surface area contributed by atoms with Crippen molar-refractivity contribution in [2.45, 2.75) is 32.7 Å². The first-order valence-electron chi connectivity index (χ1n) is 6.52. The van der Waals surface area contributed by atoms with Gasteiger partial charge in [0.1, 0.15) is 5.76 Å². The maximum Gasteiger partial charge on any atom is 0.331 e. The molecular weight excluding hydrogens is 274 g/mol. The van der Waals surface area contributed by atoms with Crippen LogP contribution in [0.3, 0.4) is 0 Å². The summed E-state index contributed by atoms with van der Waals surface area (Å²) >= 11 is 0. The number of nitrogens with one attached hydrogen (secondary N) is 1. The van der Waals surface area contributed by atoms with E-state index < -0.39 is 11.5 Å². The molecule has 0 saturated heterocycles. The molecule has 0 fully saturated rings. The zero-order valence-electron chi connectivity index (χ0n) is 12.1. The van der Waals surface area contributed by atoms with Gasteiger partial charge in [0.05, 0.1) is 23.7 Å². The normalized spacial score (nSPS) is 11.4. The molecule has 0 aliphatic rings. The van der Waals surface area contributed by atoms with Gasteiger partial charge in [-0.3, -0.25) is 9.48 Å². The topological polar surface area (TPSA) is 97.4 Å². The number of rotatable bonds is 5. The van der Waals surface area contributed by atoms with Crippen LogP contribution in [-0.4, -0.2) is 26.8 Å². The second kappa shape index (κ2) is 5.43. The van der Waals surface area contributed by atoms with Crippen molar-refractivity contribution in [2.75, 3.05) is 5.32 Å². The Morgan fingerprint density at radius 3 is 2.81 bits per heavy atom. The van der Waals surface area contributed by atoms with Crippen molar-refractivity contribution in [1.29, 1.82) is 0 Å². The highest BCUT2D eigenvalue weighted by molar-refractivity contribution is 6.04. The molecule has 0 saturated carbocycles. The molecule has 0 aliphatic carbocycles. The van der Waals surface area contributed by atoms with Crippen LogP contribution >= 0.6 is 0 Å². The first kappa shape index (κ1) is 14.8. The lowest BCUT2D eigenvalue weighted by molar-refractivity contribution is -0.146. The number of hydrogen-bond acceptors (Lipinski definition) is 4. The molecule has 112 valence electrons. The van der Waals surface area contributed by atoms with Crippen molar-refractivity contribution < 1.29 is 19.1 Å². The first-order chi connectivity index (χ1) is 9.86. The third-order valence-electron chi connectivity index (χ3n) is 3.25. The van der Waals surface area contributed by atoms with E-state index in [2.05, 4.69) is 10.4 Å². The van der Waals surface area contributed by atoms with E-state index in [1.165, 1.54) is 37.2 Å². The second-order valence-electron chi connectivity index (χ2n) is 5.10. The van der Waals surface area contributed by atoms with Crippen LogP contribution in [-0.2, 0) is 16.8 Å². The molecule has 0 unspecified atom stereocenters. The Balaban J connectivity index is 2.17. The van der Waals surface area contributed by atoms with Crippen molar-refractivity contribution in [2.24, 2.45) is 0 Å². The standard InChI is InChI=1S/C14H17N3O4/c1-4-11-10(5-6-21-11)12(18)16-9-7-15-17(8-9)14(2,3)13(19)20/h5-8H,4H2,1-3H3,(H,16,18)(H,19,20). The lowest BCUT2D eigenvalue weighted by Gasteiger charge is -2.19. The highest BCUT2D eigenvalue weighted by Gasteiger charge is 2.30. The SMILES string of the molecule is CCc1occc1C(=O)Nc1cnn(C(C)(C)C(=O)O)c1. The fraction of sp³-hybridized carbons (Fsp3) is 0.357. The van der Waals surface area contributed by atoms with Crippen molar-refractivity contribution >= 4 is 17.6 Å². The number of amides is 1. The van der Waals surface area contributed by atoms with Gasteiger partial charge in [-0.05, 0) is 19.9 Å². The Morgan fingerprint density at radius 1 is 1.48 bits per heavy atom. The maximum atomic E-state index is 12.1. The highest BCUT2D eigenvalue weighted by atomic mass is 16.4. The number of carbonyl (C=O) groups excluding carboxylic acids is 1. The Labute approximate surface area is 121 Å². The molecule has 7 nitrogen and oxygen atoms in total. The van der Waals surface area contributed by atoms with Gasteiger partial charge in [-0.25, -0.2) is 4.79 Å². The molecule has 2 N–H and O–H groups in total. The van der Waals surface area contributed by atoms with Gasteiger partial charge in [0, 0.05) is 12.6 Å². The lowest BCUT2D eigenvalue weighted by atomic mass is 10.1. The number of carboxylic acid groups (broad SMARTS) is 1. The number of hydrogen-bond donors (Lipinski definition) is 2. The van der Waals surface area contributed by atoms with E-state index in [-0.39, 0.29) is 5.91 Å². The molecule has 2 aromatic rings. The minimum absolute atomic E-state index is 0.312. The second-order valence-corrected chi connectivity index (χ2v) is 5.10. The smallest absolute Gasteiger partial charge is 0.331 e. The Kier molecular flexibility index (Phi) is 3.84. The monoisotopic (exact) mass is 291 g/mol. The van der Waals surface area contributed by atoms with Gasteiger partial charge < -0.3 is 14.8 Å². The van der Waals surface area contributed by atoms with Gasteiger partial charge in [0.25, 0.3) is 5.91 Å². The summed E-state index contributed by atoms with van der Waals surface area (Å²) in [4.78, 5) is 23.3. The zero-order valence-corrected chi connectivity index (χ0v) is 12.1. The third-order valence-corrected chi connectivity index (χ3v) is 3.25. The molecule has 2 heterocycles. The summed E-state index contributed by atoms with van der Waals surface area (Å²) in [7, 11) is 0. The average molecular weight is 291 g/mol. The summed E-state index contributed by atoms with van der Waals surface area (Å²) < 4.78 is 6.50. The van der Waals surface area contributed by atoms with Crippen molar-refractivity contribution in [1.82, 2.24) is 9.78 Å². The average Bonchev–Trinajstić information content (AvgIpc) is 3.06. The number of anilines is 1. The van der Waals surface area contributed by atoms with Crippen LogP contribution < -0.4 is 5.32 Å². The Hall–Kier alpha value is -2.57. The molecular formula is C14H17N3O4. The summed E-state index contributed by atoms with van der Waals surface area (Å²) in [6.45, 7) is 4.95. The summed E-state index contributed by atoms with van der Waals surface area (Å²) in [5, 5.41) is 15.8. The van der Waals surface area contributed by atoms with E-state index in [0.29, 0.717) is 23.4 Å². The van der Waals surface area contributed by atoms with Crippen LogP contribution in [0, 0.1) is 0 Å². The number of carbonyl (C=O) groups is 2. The van der Waals surface area contributed by atoms with Crippen LogP contribution in [0.5, 0.6) is 0 Å². The van der Waals surface area contributed by atoms with Crippen LogP contribution in [0.15, 0.2) is 29.1 Å². The Morgan fingerprint density at radius 2 is 2.19 bits per heavy atom. The number of aryl methyl sites for hydroxylation is 1. The molecule has 21 heavy (non-hydrogen) atoms. The van der Waals surface area contributed by atoms with E-state index in [9.17, 15) is 9.59 Å². The molecule has 2 rings (SSSR count). The molecule has 0 bridgehead atoms. The van der Waals surface area contributed by atoms with Crippen molar-refractivity contribution in [3.63, 3.8) is 0 Å². The number of carboxylic acids is 1.